The van der Waals surface area contributed by atoms with Crippen LogP contribution in [-0.2, 0) is 11.2 Å². The molecule has 2 nitrogen and oxygen atoms in total. The van der Waals surface area contributed by atoms with E-state index in [9.17, 15) is 0 Å². The molecule has 0 amide bonds. The van der Waals surface area contributed by atoms with Crippen LogP contribution in [0.15, 0.2) is 22.7 Å². The molecule has 0 saturated carbocycles. The minimum absolute atomic E-state index is 0.399. The Hall–Kier alpha value is -0.540. The van der Waals surface area contributed by atoms with Gasteiger partial charge in [-0.1, -0.05) is 26.0 Å². The number of benzene rings is 1. The number of hydrogen-bond donors (Lipinski definition) is 0. The van der Waals surface area contributed by atoms with Gasteiger partial charge in [0.1, 0.15) is 5.75 Å². The maximum Gasteiger partial charge on any atom is 0.136 e. The molecule has 0 N–H and O–H groups in total. The molecule has 0 aliphatic carbocycles. The fourth-order valence-corrected chi connectivity index (χ4v) is 2.08. The average molecular weight is 285 g/mol. The van der Waals surface area contributed by atoms with Crippen LogP contribution >= 0.6 is 15.9 Å². The number of hydrogen-bond acceptors (Lipinski definition) is 2. The van der Waals surface area contributed by atoms with Crippen LogP contribution < -0.4 is 4.74 Å². The van der Waals surface area contributed by atoms with Crippen molar-refractivity contribution in [2.75, 3.05) is 13.2 Å². The summed E-state index contributed by atoms with van der Waals surface area (Å²) in [5, 5.41) is 0. The van der Waals surface area contributed by atoms with Crippen LogP contribution in [0.1, 0.15) is 19.4 Å². The molecule has 2 rings (SSSR count). The Morgan fingerprint density at radius 2 is 2.25 bits per heavy atom. The van der Waals surface area contributed by atoms with Gasteiger partial charge in [-0.15, -0.1) is 0 Å². The first-order valence-electron chi connectivity index (χ1n) is 5.68. The first-order valence-corrected chi connectivity index (χ1v) is 6.48. The molecule has 0 spiro atoms. The second kappa shape index (κ2) is 5.19. The highest BCUT2D eigenvalue weighted by Crippen LogP contribution is 2.32. The molecule has 16 heavy (non-hydrogen) atoms. The molecular weight excluding hydrogens is 268 g/mol. The molecular formula is C13H17BrO2. The van der Waals surface area contributed by atoms with Gasteiger partial charge in [0, 0.05) is 6.42 Å². The molecule has 3 heteroatoms. The summed E-state index contributed by atoms with van der Waals surface area (Å²) in [4.78, 5) is 0. The maximum absolute atomic E-state index is 5.86. The zero-order valence-corrected chi connectivity index (χ0v) is 11.3. The summed E-state index contributed by atoms with van der Waals surface area (Å²) >= 11 is 3.54. The van der Waals surface area contributed by atoms with E-state index in [0.29, 0.717) is 12.0 Å². The number of halogens is 1. The minimum atomic E-state index is 0.399. The smallest absolute Gasteiger partial charge is 0.136 e. The fourth-order valence-electron chi connectivity index (χ4n) is 1.56. The second-order valence-electron chi connectivity index (χ2n) is 4.59. The molecule has 1 atom stereocenters. The number of ether oxygens (including phenoxy) is 2. The normalized spacial score (nSPS) is 18.9. The lowest BCUT2D eigenvalue weighted by atomic mass is 10.1. The molecule has 1 unspecified atom stereocenters. The molecule has 0 bridgehead atoms. The minimum Gasteiger partial charge on any atom is -0.492 e. The van der Waals surface area contributed by atoms with Crippen molar-refractivity contribution in [3.05, 3.63) is 28.2 Å². The van der Waals surface area contributed by atoms with Gasteiger partial charge in [-0.3, -0.25) is 0 Å². The third kappa shape index (κ3) is 3.22. The third-order valence-electron chi connectivity index (χ3n) is 2.46. The van der Waals surface area contributed by atoms with E-state index >= 15 is 0 Å². The van der Waals surface area contributed by atoms with Gasteiger partial charge in [0.25, 0.3) is 0 Å². The van der Waals surface area contributed by atoms with Gasteiger partial charge in [0.2, 0.25) is 0 Å². The molecule has 88 valence electrons. The van der Waals surface area contributed by atoms with E-state index in [1.165, 1.54) is 5.56 Å². The van der Waals surface area contributed by atoms with E-state index < -0.39 is 0 Å². The van der Waals surface area contributed by atoms with Crippen molar-refractivity contribution in [1.29, 1.82) is 0 Å². The van der Waals surface area contributed by atoms with Gasteiger partial charge in [-0.05, 0) is 33.5 Å². The van der Waals surface area contributed by atoms with E-state index in [-0.39, 0.29) is 0 Å². The van der Waals surface area contributed by atoms with Crippen LogP contribution in [0, 0.1) is 5.92 Å². The van der Waals surface area contributed by atoms with Crippen molar-refractivity contribution in [1.82, 2.24) is 0 Å². The molecule has 1 aromatic rings. The largest absolute Gasteiger partial charge is 0.492 e. The van der Waals surface area contributed by atoms with Gasteiger partial charge < -0.3 is 9.47 Å². The van der Waals surface area contributed by atoms with Gasteiger partial charge >= 0.3 is 0 Å². The third-order valence-corrected chi connectivity index (χ3v) is 3.08. The fraction of sp³-hybridized carbons (Fsp3) is 0.538. The van der Waals surface area contributed by atoms with E-state index in [4.69, 9.17) is 9.47 Å². The van der Waals surface area contributed by atoms with Gasteiger partial charge in [0.15, 0.2) is 0 Å². The van der Waals surface area contributed by atoms with E-state index in [1.54, 1.807) is 0 Å². The van der Waals surface area contributed by atoms with Crippen molar-refractivity contribution < 1.29 is 9.47 Å². The van der Waals surface area contributed by atoms with E-state index in [0.717, 1.165) is 29.9 Å². The van der Waals surface area contributed by atoms with Crippen molar-refractivity contribution in [2.24, 2.45) is 5.92 Å². The quantitative estimate of drug-likeness (QED) is 0.773. The molecule has 1 saturated heterocycles. The number of epoxide rings is 1. The predicted molar refractivity (Wildman–Crippen MR) is 67.9 cm³/mol. The monoisotopic (exact) mass is 284 g/mol. The van der Waals surface area contributed by atoms with Crippen molar-refractivity contribution in [2.45, 2.75) is 26.4 Å². The highest BCUT2D eigenvalue weighted by atomic mass is 79.9. The lowest BCUT2D eigenvalue weighted by Gasteiger charge is -2.14. The summed E-state index contributed by atoms with van der Waals surface area (Å²) in [7, 11) is 0. The Bertz CT molecular complexity index is 359. The Morgan fingerprint density at radius 3 is 2.88 bits per heavy atom. The first kappa shape index (κ1) is 11.9. The summed E-state index contributed by atoms with van der Waals surface area (Å²) in [5.74, 6) is 1.52. The van der Waals surface area contributed by atoms with Gasteiger partial charge in [0.05, 0.1) is 23.8 Å². The van der Waals surface area contributed by atoms with E-state index in [2.05, 4.69) is 35.8 Å². The molecule has 0 radical (unpaired) electrons. The lowest BCUT2D eigenvalue weighted by molar-refractivity contribution is 0.266. The van der Waals surface area contributed by atoms with Gasteiger partial charge in [-0.25, -0.2) is 0 Å². The number of para-hydroxylation sites is 1. The molecule has 1 aliphatic heterocycles. The molecule has 1 aliphatic rings. The number of rotatable bonds is 5. The second-order valence-corrected chi connectivity index (χ2v) is 5.45. The SMILES string of the molecule is CC(C)COc1c(Br)cccc1CC1CO1. The lowest BCUT2D eigenvalue weighted by Crippen LogP contribution is -2.07. The summed E-state index contributed by atoms with van der Waals surface area (Å²) < 4.78 is 12.2. The van der Waals surface area contributed by atoms with Crippen LogP contribution in [0.3, 0.4) is 0 Å². The van der Waals surface area contributed by atoms with Crippen LogP contribution in [0.5, 0.6) is 5.75 Å². The summed E-state index contributed by atoms with van der Waals surface area (Å²) in [6.45, 7) is 5.94. The van der Waals surface area contributed by atoms with Crippen LogP contribution in [-0.4, -0.2) is 19.3 Å². The summed E-state index contributed by atoms with van der Waals surface area (Å²) in [5.41, 5.74) is 1.23. The predicted octanol–water partition coefficient (Wildman–Crippen LogP) is 3.43. The Morgan fingerprint density at radius 1 is 1.50 bits per heavy atom. The molecule has 1 aromatic carbocycles. The standard InChI is InChI=1S/C13H17BrO2/c1-9(2)7-16-13-10(6-11-8-15-11)4-3-5-12(13)14/h3-5,9,11H,6-8H2,1-2H3. The van der Waals surface area contributed by atoms with Gasteiger partial charge in [-0.2, -0.15) is 0 Å². The Kier molecular flexibility index (Phi) is 3.87. The molecule has 1 heterocycles. The van der Waals surface area contributed by atoms with Crippen molar-refractivity contribution in [3.8, 4) is 5.75 Å². The first-order chi connectivity index (χ1) is 7.66. The highest BCUT2D eigenvalue weighted by molar-refractivity contribution is 9.10. The van der Waals surface area contributed by atoms with Crippen molar-refractivity contribution >= 4 is 15.9 Å². The van der Waals surface area contributed by atoms with Crippen molar-refractivity contribution in [3.63, 3.8) is 0 Å². The summed E-state index contributed by atoms with van der Waals surface area (Å²) in [6.07, 6.45) is 1.35. The Labute approximate surface area is 105 Å². The topological polar surface area (TPSA) is 21.8 Å². The van der Waals surface area contributed by atoms with Crippen LogP contribution in [0.2, 0.25) is 0 Å². The van der Waals surface area contributed by atoms with Crippen LogP contribution in [0.4, 0.5) is 0 Å². The molecule has 0 aromatic heterocycles. The van der Waals surface area contributed by atoms with Crippen LogP contribution in [0.25, 0.3) is 0 Å². The maximum atomic E-state index is 5.86. The van der Waals surface area contributed by atoms with E-state index in [1.807, 2.05) is 12.1 Å². The Balaban J connectivity index is 2.11. The zero-order valence-electron chi connectivity index (χ0n) is 9.70. The average Bonchev–Trinajstić information content (AvgIpc) is 3.00. The zero-order chi connectivity index (χ0) is 11.5. The molecule has 1 fully saturated rings. The summed E-state index contributed by atoms with van der Waals surface area (Å²) in [6, 6.07) is 6.18. The highest BCUT2D eigenvalue weighted by Gasteiger charge is 2.24.